The van der Waals surface area contributed by atoms with E-state index in [1.54, 1.807) is 19.2 Å². The van der Waals surface area contributed by atoms with E-state index in [2.05, 4.69) is 23.0 Å². The number of hydrogen-bond acceptors (Lipinski definition) is 7. The van der Waals surface area contributed by atoms with Crippen molar-refractivity contribution in [2.24, 2.45) is 5.92 Å². The average Bonchev–Trinajstić information content (AvgIpc) is 2.56. The standard InChI is InChI=1S/C11H15N3O.C6H4FN3/c1-8(7-15-2)3-9-4-11(13)14-6-10(9)5-12;7-5-1-6(9)10-3-4(5)2-8/h4,6,8H,3,7H2,1-2H3,(H2,13,14);1,3H,(H2,9,10)/t8-;/m0./s1. The maximum atomic E-state index is 12.5. The molecule has 0 amide bonds. The van der Waals surface area contributed by atoms with E-state index in [1.165, 1.54) is 6.20 Å². The summed E-state index contributed by atoms with van der Waals surface area (Å²) in [6.07, 6.45) is 3.40. The van der Waals surface area contributed by atoms with Gasteiger partial charge in [0, 0.05) is 26.0 Å². The minimum atomic E-state index is -0.630. The predicted octanol–water partition coefficient (Wildman–Crippen LogP) is 2.04. The van der Waals surface area contributed by atoms with Crippen LogP contribution in [-0.4, -0.2) is 23.7 Å². The Morgan fingerprint density at radius 2 is 1.68 bits per heavy atom. The van der Waals surface area contributed by atoms with Crippen molar-refractivity contribution in [3.05, 3.63) is 47.0 Å². The van der Waals surface area contributed by atoms with Crippen LogP contribution in [0.15, 0.2) is 24.5 Å². The van der Waals surface area contributed by atoms with E-state index in [4.69, 9.17) is 26.7 Å². The number of nitrogens with zero attached hydrogens (tertiary/aromatic N) is 4. The van der Waals surface area contributed by atoms with E-state index < -0.39 is 5.82 Å². The molecule has 0 aliphatic heterocycles. The molecule has 0 spiro atoms. The number of nitrogens with two attached hydrogens (primary N) is 2. The fourth-order valence-corrected chi connectivity index (χ4v) is 2.03. The fourth-order valence-electron chi connectivity index (χ4n) is 2.03. The van der Waals surface area contributed by atoms with E-state index >= 15 is 0 Å². The number of ether oxygens (including phenoxy) is 1. The molecule has 0 aromatic carbocycles. The van der Waals surface area contributed by atoms with Gasteiger partial charge >= 0.3 is 0 Å². The first-order valence-electron chi connectivity index (χ1n) is 7.35. The molecule has 4 N–H and O–H groups in total. The van der Waals surface area contributed by atoms with Crippen LogP contribution in [0.3, 0.4) is 0 Å². The van der Waals surface area contributed by atoms with Crippen molar-refractivity contribution in [3.63, 3.8) is 0 Å². The first-order valence-corrected chi connectivity index (χ1v) is 7.35. The number of methoxy groups -OCH3 is 1. The van der Waals surface area contributed by atoms with Gasteiger partial charge in [-0.15, -0.1) is 0 Å². The van der Waals surface area contributed by atoms with Crippen LogP contribution < -0.4 is 11.5 Å². The molecule has 0 aliphatic carbocycles. The zero-order valence-corrected chi connectivity index (χ0v) is 14.0. The summed E-state index contributed by atoms with van der Waals surface area (Å²) in [6.45, 7) is 2.74. The molecule has 2 rings (SSSR count). The van der Waals surface area contributed by atoms with Crippen LogP contribution in [0.25, 0.3) is 0 Å². The Bertz CT molecular complexity index is 797. The predicted molar refractivity (Wildman–Crippen MR) is 91.4 cm³/mol. The van der Waals surface area contributed by atoms with Gasteiger partial charge < -0.3 is 16.2 Å². The van der Waals surface area contributed by atoms with Crippen LogP contribution in [0.1, 0.15) is 23.6 Å². The Balaban J connectivity index is 0.000000271. The molecular weight excluding hydrogens is 323 g/mol. The molecule has 7 nitrogen and oxygen atoms in total. The monoisotopic (exact) mass is 342 g/mol. The van der Waals surface area contributed by atoms with Gasteiger partial charge in [-0.2, -0.15) is 10.5 Å². The summed E-state index contributed by atoms with van der Waals surface area (Å²) in [5, 5.41) is 17.1. The van der Waals surface area contributed by atoms with Crippen molar-refractivity contribution < 1.29 is 9.13 Å². The molecule has 8 heteroatoms. The van der Waals surface area contributed by atoms with Gasteiger partial charge in [0.2, 0.25) is 0 Å². The highest BCUT2D eigenvalue weighted by atomic mass is 19.1. The van der Waals surface area contributed by atoms with Gasteiger partial charge in [-0.25, -0.2) is 14.4 Å². The van der Waals surface area contributed by atoms with E-state index in [0.717, 1.165) is 24.2 Å². The van der Waals surface area contributed by atoms with Crippen LogP contribution in [0.5, 0.6) is 0 Å². The molecule has 1 atom stereocenters. The Morgan fingerprint density at radius 3 is 2.20 bits per heavy atom. The summed E-state index contributed by atoms with van der Waals surface area (Å²) in [6, 6.07) is 6.51. The summed E-state index contributed by atoms with van der Waals surface area (Å²) in [4.78, 5) is 7.41. The number of nitrogen functional groups attached to an aromatic ring is 2. The van der Waals surface area contributed by atoms with E-state index in [9.17, 15) is 4.39 Å². The topological polar surface area (TPSA) is 135 Å². The molecule has 0 unspecified atom stereocenters. The summed E-state index contributed by atoms with van der Waals surface area (Å²) in [7, 11) is 1.67. The Labute approximate surface area is 145 Å². The summed E-state index contributed by atoms with van der Waals surface area (Å²) >= 11 is 0. The number of pyridine rings is 2. The smallest absolute Gasteiger partial charge is 0.146 e. The van der Waals surface area contributed by atoms with E-state index in [0.29, 0.717) is 23.9 Å². The highest BCUT2D eigenvalue weighted by Crippen LogP contribution is 2.15. The Kier molecular flexibility index (Phi) is 7.77. The van der Waals surface area contributed by atoms with Crippen LogP contribution in [0, 0.1) is 34.4 Å². The molecule has 0 bridgehead atoms. The van der Waals surface area contributed by atoms with Gasteiger partial charge in [0.1, 0.15) is 35.2 Å². The SMILES string of the molecule is COC[C@@H](C)Cc1cc(N)ncc1C#N.N#Cc1cnc(N)cc1F. The number of rotatable bonds is 4. The summed E-state index contributed by atoms with van der Waals surface area (Å²) in [5.41, 5.74) is 12.1. The third-order valence-corrected chi connectivity index (χ3v) is 3.15. The van der Waals surface area contributed by atoms with Gasteiger partial charge in [0.15, 0.2) is 0 Å². The van der Waals surface area contributed by atoms with E-state index in [-0.39, 0.29) is 11.4 Å². The molecule has 2 aromatic rings. The average molecular weight is 342 g/mol. The maximum Gasteiger partial charge on any atom is 0.146 e. The molecule has 0 fully saturated rings. The Morgan fingerprint density at radius 1 is 1.12 bits per heavy atom. The van der Waals surface area contributed by atoms with Gasteiger partial charge in [0.25, 0.3) is 0 Å². The molecule has 0 radical (unpaired) electrons. The lowest BCUT2D eigenvalue weighted by atomic mass is 9.99. The van der Waals surface area contributed by atoms with Gasteiger partial charge in [-0.3, -0.25) is 0 Å². The lowest BCUT2D eigenvalue weighted by Gasteiger charge is -2.11. The molecule has 0 saturated heterocycles. The normalized spacial score (nSPS) is 10.8. The van der Waals surface area contributed by atoms with Crippen molar-refractivity contribution in [3.8, 4) is 12.1 Å². The van der Waals surface area contributed by atoms with Crippen molar-refractivity contribution in [1.29, 1.82) is 10.5 Å². The third kappa shape index (κ3) is 6.42. The summed E-state index contributed by atoms with van der Waals surface area (Å²) < 4.78 is 17.6. The second-order valence-corrected chi connectivity index (χ2v) is 5.34. The van der Waals surface area contributed by atoms with Crippen molar-refractivity contribution in [1.82, 2.24) is 9.97 Å². The first kappa shape index (κ1) is 19.8. The lowest BCUT2D eigenvalue weighted by Crippen LogP contribution is -2.09. The third-order valence-electron chi connectivity index (χ3n) is 3.15. The first-order chi connectivity index (χ1) is 11.9. The van der Waals surface area contributed by atoms with Gasteiger partial charge in [0.05, 0.1) is 11.8 Å². The van der Waals surface area contributed by atoms with Gasteiger partial charge in [-0.1, -0.05) is 6.92 Å². The molecule has 130 valence electrons. The van der Waals surface area contributed by atoms with Crippen LogP contribution in [-0.2, 0) is 11.2 Å². The number of halogens is 1. The minimum Gasteiger partial charge on any atom is -0.384 e. The molecule has 2 heterocycles. The molecule has 0 aliphatic rings. The maximum absolute atomic E-state index is 12.5. The van der Waals surface area contributed by atoms with Crippen LogP contribution in [0.4, 0.5) is 16.0 Å². The second-order valence-electron chi connectivity index (χ2n) is 5.34. The molecule has 2 aromatic heterocycles. The highest BCUT2D eigenvalue weighted by Gasteiger charge is 2.08. The van der Waals surface area contributed by atoms with Crippen molar-refractivity contribution >= 4 is 11.6 Å². The number of hydrogen-bond donors (Lipinski definition) is 2. The van der Waals surface area contributed by atoms with E-state index in [1.807, 2.05) is 0 Å². The second kappa shape index (κ2) is 9.81. The summed E-state index contributed by atoms with van der Waals surface area (Å²) in [5.74, 6) is 0.268. The fraction of sp³-hybridized carbons (Fsp3) is 0.294. The van der Waals surface area contributed by atoms with Crippen LogP contribution in [0.2, 0.25) is 0 Å². The minimum absolute atomic E-state index is 0.0801. The van der Waals surface area contributed by atoms with Gasteiger partial charge in [-0.05, 0) is 24.0 Å². The van der Waals surface area contributed by atoms with Crippen LogP contribution >= 0.6 is 0 Å². The zero-order chi connectivity index (χ0) is 18.8. The van der Waals surface area contributed by atoms with Crippen molar-refractivity contribution in [2.45, 2.75) is 13.3 Å². The number of nitriles is 2. The lowest BCUT2D eigenvalue weighted by molar-refractivity contribution is 0.159. The molecule has 0 saturated carbocycles. The zero-order valence-electron chi connectivity index (χ0n) is 14.0. The molecule has 25 heavy (non-hydrogen) atoms. The molecular formula is C17H19FN6O. The van der Waals surface area contributed by atoms with Crippen molar-refractivity contribution in [2.75, 3.05) is 25.2 Å². The Hall–Kier alpha value is -3.23. The number of aromatic nitrogens is 2. The highest BCUT2D eigenvalue weighted by molar-refractivity contribution is 5.43. The quantitative estimate of drug-likeness (QED) is 0.868. The number of anilines is 2. The largest absolute Gasteiger partial charge is 0.384 e.